The number of hydrogen-bond acceptors (Lipinski definition) is 3. The van der Waals surface area contributed by atoms with E-state index in [9.17, 15) is 13.2 Å². The molecule has 0 aliphatic rings. The molecule has 2 rings (SSSR count). The minimum Gasteiger partial charge on any atom is -0.351 e. The summed E-state index contributed by atoms with van der Waals surface area (Å²) in [5, 5.41) is 2.68. The maximum absolute atomic E-state index is 12.0. The SMILES string of the molecule is Cc1ccc(C)n1-c1ccc(C(=O)NCCNS(C)(=O)=O)cc1. The number of rotatable bonds is 6. The highest BCUT2D eigenvalue weighted by atomic mass is 32.2. The van der Waals surface area contributed by atoms with E-state index in [0.717, 1.165) is 23.3 Å². The molecule has 0 bridgehead atoms. The lowest BCUT2D eigenvalue weighted by Gasteiger charge is -2.10. The Kier molecular flexibility index (Phi) is 5.23. The number of nitrogens with zero attached hydrogens (tertiary/aromatic N) is 1. The van der Waals surface area contributed by atoms with Crippen LogP contribution in [-0.2, 0) is 10.0 Å². The molecule has 0 radical (unpaired) electrons. The standard InChI is InChI=1S/C16H21N3O3S/c1-12-4-5-13(2)19(12)15-8-6-14(7-9-15)16(20)17-10-11-18-23(3,21)22/h4-9,18H,10-11H2,1-3H3,(H,17,20). The van der Waals surface area contributed by atoms with Crippen molar-refractivity contribution in [1.82, 2.24) is 14.6 Å². The van der Waals surface area contributed by atoms with Gasteiger partial charge in [-0.2, -0.15) is 0 Å². The fourth-order valence-corrected chi connectivity index (χ4v) is 2.82. The molecule has 0 saturated heterocycles. The predicted octanol–water partition coefficient (Wildman–Crippen LogP) is 1.37. The van der Waals surface area contributed by atoms with Gasteiger partial charge in [0, 0.05) is 35.7 Å². The molecule has 1 aromatic carbocycles. The summed E-state index contributed by atoms with van der Waals surface area (Å²) < 4.78 is 26.3. The quantitative estimate of drug-likeness (QED) is 0.783. The van der Waals surface area contributed by atoms with Gasteiger partial charge in [-0.3, -0.25) is 4.79 Å². The average Bonchev–Trinajstić information content (AvgIpc) is 2.82. The molecular weight excluding hydrogens is 314 g/mol. The Balaban J connectivity index is 1.98. The number of aryl methyl sites for hydroxylation is 2. The van der Waals surface area contributed by atoms with Crippen molar-refractivity contribution >= 4 is 15.9 Å². The number of aromatic nitrogens is 1. The summed E-state index contributed by atoms with van der Waals surface area (Å²) in [4.78, 5) is 12.0. The number of benzene rings is 1. The van der Waals surface area contributed by atoms with Gasteiger partial charge in [0.1, 0.15) is 0 Å². The summed E-state index contributed by atoms with van der Waals surface area (Å²) in [6.45, 7) is 4.47. The largest absolute Gasteiger partial charge is 0.351 e. The fraction of sp³-hybridized carbons (Fsp3) is 0.312. The Labute approximate surface area is 136 Å². The van der Waals surface area contributed by atoms with Crippen LogP contribution in [0.4, 0.5) is 0 Å². The van der Waals surface area contributed by atoms with Crippen molar-refractivity contribution in [2.75, 3.05) is 19.3 Å². The third-order valence-corrected chi connectivity index (χ3v) is 4.16. The van der Waals surface area contributed by atoms with Gasteiger partial charge in [0.05, 0.1) is 6.26 Å². The lowest BCUT2D eigenvalue weighted by molar-refractivity contribution is 0.0954. The first-order valence-electron chi connectivity index (χ1n) is 7.26. The topological polar surface area (TPSA) is 80.2 Å². The maximum atomic E-state index is 12.0. The van der Waals surface area contributed by atoms with Crippen molar-refractivity contribution in [2.45, 2.75) is 13.8 Å². The van der Waals surface area contributed by atoms with Crippen molar-refractivity contribution in [2.24, 2.45) is 0 Å². The highest BCUT2D eigenvalue weighted by Gasteiger charge is 2.08. The van der Waals surface area contributed by atoms with Crippen molar-refractivity contribution < 1.29 is 13.2 Å². The molecule has 0 aliphatic heterocycles. The molecule has 124 valence electrons. The van der Waals surface area contributed by atoms with Crippen LogP contribution in [0.25, 0.3) is 5.69 Å². The van der Waals surface area contributed by atoms with E-state index in [4.69, 9.17) is 0 Å². The summed E-state index contributed by atoms with van der Waals surface area (Å²) in [6, 6.07) is 11.4. The summed E-state index contributed by atoms with van der Waals surface area (Å²) >= 11 is 0. The zero-order valence-electron chi connectivity index (χ0n) is 13.5. The smallest absolute Gasteiger partial charge is 0.251 e. The van der Waals surface area contributed by atoms with Crippen LogP contribution in [-0.4, -0.2) is 38.2 Å². The van der Waals surface area contributed by atoms with Crippen molar-refractivity contribution in [3.63, 3.8) is 0 Å². The van der Waals surface area contributed by atoms with Crippen LogP contribution in [0.5, 0.6) is 0 Å². The molecule has 1 aromatic heterocycles. The number of carbonyl (C=O) groups is 1. The van der Waals surface area contributed by atoms with Gasteiger partial charge in [-0.25, -0.2) is 13.1 Å². The van der Waals surface area contributed by atoms with Crippen molar-refractivity contribution in [1.29, 1.82) is 0 Å². The van der Waals surface area contributed by atoms with Gasteiger partial charge in [0.15, 0.2) is 0 Å². The summed E-state index contributed by atoms with van der Waals surface area (Å²) in [6.07, 6.45) is 1.08. The number of sulfonamides is 1. The first kappa shape index (κ1) is 17.2. The highest BCUT2D eigenvalue weighted by Crippen LogP contribution is 2.16. The zero-order chi connectivity index (χ0) is 17.0. The van der Waals surface area contributed by atoms with E-state index in [1.807, 2.05) is 38.1 Å². The van der Waals surface area contributed by atoms with Crippen LogP contribution >= 0.6 is 0 Å². The zero-order valence-corrected chi connectivity index (χ0v) is 14.3. The third-order valence-electron chi connectivity index (χ3n) is 3.43. The fourth-order valence-electron chi connectivity index (χ4n) is 2.35. The second kappa shape index (κ2) is 6.97. The molecular formula is C16H21N3O3S. The Bertz CT molecular complexity index is 773. The van der Waals surface area contributed by atoms with E-state index >= 15 is 0 Å². The minimum absolute atomic E-state index is 0.171. The van der Waals surface area contributed by atoms with Gasteiger partial charge in [-0.1, -0.05) is 0 Å². The van der Waals surface area contributed by atoms with Gasteiger partial charge >= 0.3 is 0 Å². The van der Waals surface area contributed by atoms with E-state index in [-0.39, 0.29) is 19.0 Å². The first-order chi connectivity index (χ1) is 10.8. The van der Waals surface area contributed by atoms with E-state index in [2.05, 4.69) is 14.6 Å². The van der Waals surface area contributed by atoms with E-state index in [1.54, 1.807) is 12.1 Å². The second-order valence-electron chi connectivity index (χ2n) is 5.42. The van der Waals surface area contributed by atoms with E-state index < -0.39 is 10.0 Å². The summed E-state index contributed by atoms with van der Waals surface area (Å²) in [5.41, 5.74) is 3.80. The lowest BCUT2D eigenvalue weighted by Crippen LogP contribution is -2.34. The molecule has 0 saturated carbocycles. The molecule has 6 nitrogen and oxygen atoms in total. The molecule has 0 fully saturated rings. The molecule has 1 amide bonds. The second-order valence-corrected chi connectivity index (χ2v) is 7.25. The average molecular weight is 335 g/mol. The predicted molar refractivity (Wildman–Crippen MR) is 90.4 cm³/mol. The van der Waals surface area contributed by atoms with Crippen LogP contribution in [0, 0.1) is 13.8 Å². The molecule has 2 N–H and O–H groups in total. The van der Waals surface area contributed by atoms with Crippen LogP contribution in [0.15, 0.2) is 36.4 Å². The molecule has 7 heteroatoms. The Morgan fingerprint density at radius 1 is 1.00 bits per heavy atom. The molecule has 0 atom stereocenters. The molecule has 0 unspecified atom stereocenters. The van der Waals surface area contributed by atoms with Gasteiger partial charge < -0.3 is 9.88 Å². The Morgan fingerprint density at radius 2 is 1.57 bits per heavy atom. The van der Waals surface area contributed by atoms with Crippen molar-refractivity contribution in [3.05, 3.63) is 53.3 Å². The van der Waals surface area contributed by atoms with Gasteiger partial charge in [-0.15, -0.1) is 0 Å². The number of carbonyl (C=O) groups excluding carboxylic acids is 1. The van der Waals surface area contributed by atoms with Crippen LogP contribution in [0.2, 0.25) is 0 Å². The van der Waals surface area contributed by atoms with Gasteiger partial charge in [0.2, 0.25) is 10.0 Å². The summed E-state index contributed by atoms with van der Waals surface area (Å²) in [7, 11) is -3.23. The van der Waals surface area contributed by atoms with E-state index in [0.29, 0.717) is 5.56 Å². The maximum Gasteiger partial charge on any atom is 0.251 e. The van der Waals surface area contributed by atoms with Crippen molar-refractivity contribution in [3.8, 4) is 5.69 Å². The van der Waals surface area contributed by atoms with Crippen LogP contribution < -0.4 is 10.0 Å². The monoisotopic (exact) mass is 335 g/mol. The number of amides is 1. The van der Waals surface area contributed by atoms with Gasteiger partial charge in [0.25, 0.3) is 5.91 Å². The molecule has 0 spiro atoms. The third kappa shape index (κ3) is 4.67. The van der Waals surface area contributed by atoms with Gasteiger partial charge in [-0.05, 0) is 50.2 Å². The molecule has 2 aromatic rings. The number of nitrogens with one attached hydrogen (secondary N) is 2. The highest BCUT2D eigenvalue weighted by molar-refractivity contribution is 7.88. The Morgan fingerprint density at radius 3 is 2.09 bits per heavy atom. The molecule has 1 heterocycles. The molecule has 0 aliphatic carbocycles. The normalized spacial score (nSPS) is 11.4. The number of hydrogen-bond donors (Lipinski definition) is 2. The van der Waals surface area contributed by atoms with E-state index in [1.165, 1.54) is 0 Å². The Hall–Kier alpha value is -2.12. The summed E-state index contributed by atoms with van der Waals surface area (Å²) in [5.74, 6) is -0.229. The lowest BCUT2D eigenvalue weighted by atomic mass is 10.2. The minimum atomic E-state index is -3.23. The molecule has 23 heavy (non-hydrogen) atoms. The first-order valence-corrected chi connectivity index (χ1v) is 9.15. The van der Waals surface area contributed by atoms with Crippen LogP contribution in [0.1, 0.15) is 21.7 Å². The van der Waals surface area contributed by atoms with Crippen LogP contribution in [0.3, 0.4) is 0 Å².